The Morgan fingerprint density at radius 3 is 1.98 bits per heavy atom. The molecule has 1 aliphatic heterocycles. The summed E-state index contributed by atoms with van der Waals surface area (Å²) < 4.78 is 26.9. The Hall–Kier alpha value is -0.930. The number of hydrogen-bond acceptors (Lipinski definition) is 12. The molecule has 7 fully saturated rings. The van der Waals surface area contributed by atoms with Gasteiger partial charge < -0.3 is 54.7 Å². The van der Waals surface area contributed by atoms with Crippen molar-refractivity contribution in [2.45, 2.75) is 226 Å². The van der Waals surface area contributed by atoms with Gasteiger partial charge in [0.15, 0.2) is 6.10 Å². The maximum Gasteiger partial charge on any atom is 0.303 e. The molecule has 1 saturated heterocycles. The van der Waals surface area contributed by atoms with Gasteiger partial charge in [0.05, 0.1) is 54.4 Å². The van der Waals surface area contributed by atoms with Crippen molar-refractivity contribution < 1.29 is 59.5 Å². The van der Waals surface area contributed by atoms with Crippen LogP contribution in [0, 0.1) is 56.2 Å². The van der Waals surface area contributed by atoms with Crippen molar-refractivity contribution in [3.8, 4) is 0 Å². The molecule has 0 radical (unpaired) electrons. The summed E-state index contributed by atoms with van der Waals surface area (Å²) in [6.07, 6.45) is -2.58. The fourth-order valence-corrected chi connectivity index (χ4v) is 16.1. The van der Waals surface area contributed by atoms with E-state index in [1.165, 1.54) is 6.92 Å². The summed E-state index contributed by atoms with van der Waals surface area (Å²) in [6, 6.07) is 0. The van der Waals surface area contributed by atoms with Crippen LogP contribution in [0.15, 0.2) is 0 Å². The maximum atomic E-state index is 12.4. The number of aliphatic hydroxyl groups is 7. The van der Waals surface area contributed by atoms with E-state index >= 15 is 0 Å². The van der Waals surface area contributed by atoms with Crippen LogP contribution in [-0.4, -0.2) is 127 Å². The summed E-state index contributed by atoms with van der Waals surface area (Å²) in [5.74, 6) is -1.14. The summed E-state index contributed by atoms with van der Waals surface area (Å²) in [6.45, 7) is 24.0. The molecule has 6 unspecified atom stereocenters. The molecule has 12 nitrogen and oxygen atoms in total. The van der Waals surface area contributed by atoms with E-state index in [-0.39, 0.29) is 70.1 Å². The van der Waals surface area contributed by atoms with Crippen molar-refractivity contribution in [3.63, 3.8) is 0 Å². The van der Waals surface area contributed by atoms with Gasteiger partial charge in [0.25, 0.3) is 0 Å². The van der Waals surface area contributed by atoms with E-state index in [1.807, 2.05) is 0 Å². The Kier molecular flexibility index (Phi) is 12.0. The van der Waals surface area contributed by atoms with E-state index in [2.05, 4.69) is 69.2 Å². The topological polar surface area (TPSA) is 196 Å². The van der Waals surface area contributed by atoms with Crippen molar-refractivity contribution in [1.29, 1.82) is 0 Å². The summed E-state index contributed by atoms with van der Waals surface area (Å²) in [5.41, 5.74) is -2.22. The summed E-state index contributed by atoms with van der Waals surface area (Å²) in [4.78, 5) is 12.2. The van der Waals surface area contributed by atoms with Crippen LogP contribution in [0.2, 0.25) is 0 Å². The highest BCUT2D eigenvalue weighted by atomic mass is 16.6. The number of fused-ring (bicyclic) bond motifs is 5. The van der Waals surface area contributed by atoms with Gasteiger partial charge in [0.2, 0.25) is 0 Å². The summed E-state index contributed by atoms with van der Waals surface area (Å²) in [7, 11) is 0. The minimum atomic E-state index is -1.48. The molecule has 12 heteroatoms. The minimum Gasteiger partial charge on any atom is -0.457 e. The zero-order valence-electron chi connectivity index (χ0n) is 37.9. The second-order valence-electron chi connectivity index (χ2n) is 23.6. The van der Waals surface area contributed by atoms with Crippen molar-refractivity contribution in [2.75, 3.05) is 6.61 Å². The third-order valence-electron chi connectivity index (χ3n) is 19.1. The molecule has 7 aliphatic rings. The van der Waals surface area contributed by atoms with Crippen molar-refractivity contribution in [2.24, 2.45) is 56.2 Å². The van der Waals surface area contributed by atoms with Gasteiger partial charge in [0.1, 0.15) is 18.3 Å². The summed E-state index contributed by atoms with van der Waals surface area (Å²) >= 11 is 0. The van der Waals surface area contributed by atoms with Crippen molar-refractivity contribution in [3.05, 3.63) is 0 Å². The highest BCUT2D eigenvalue weighted by Gasteiger charge is 2.77. The Balaban J connectivity index is 1.27. The molecule has 1 heterocycles. The fraction of sp³-hybridized carbons (Fsp3) is 0.979. The molecule has 59 heavy (non-hydrogen) atoms. The third kappa shape index (κ3) is 7.02. The fourth-order valence-electron chi connectivity index (χ4n) is 16.1. The second kappa shape index (κ2) is 15.4. The number of ether oxygens (including phenoxy) is 4. The van der Waals surface area contributed by atoms with E-state index in [4.69, 9.17) is 18.9 Å². The third-order valence-corrected chi connectivity index (χ3v) is 19.1. The first-order valence-corrected chi connectivity index (χ1v) is 23.1. The van der Waals surface area contributed by atoms with E-state index in [0.717, 1.165) is 32.1 Å². The largest absolute Gasteiger partial charge is 0.457 e. The lowest BCUT2D eigenvalue weighted by Gasteiger charge is -2.73. The number of hydrogen-bond donors (Lipinski definition) is 7. The first-order valence-electron chi connectivity index (χ1n) is 23.1. The molecule has 0 spiro atoms. The molecule has 6 saturated carbocycles. The monoisotopic (exact) mass is 837 g/mol. The highest BCUT2D eigenvalue weighted by Crippen LogP contribution is 2.80. The van der Waals surface area contributed by atoms with Crippen LogP contribution in [0.3, 0.4) is 0 Å². The molecule has 0 aromatic carbocycles. The minimum absolute atomic E-state index is 0.0101. The number of carbonyl (C=O) groups excluding carboxylic acids is 1. The number of rotatable bonds is 7. The van der Waals surface area contributed by atoms with Crippen LogP contribution < -0.4 is 0 Å². The number of carbonyl (C=O) groups is 1. The molecule has 340 valence electrons. The van der Waals surface area contributed by atoms with Gasteiger partial charge in [-0.1, -0.05) is 62.3 Å². The average molecular weight is 837 g/mol. The molecular formula is C47H80O12. The maximum absolute atomic E-state index is 12.4. The highest BCUT2D eigenvalue weighted by molar-refractivity contribution is 5.66. The predicted octanol–water partition coefficient (Wildman–Crippen LogP) is 4.68. The molecule has 0 amide bonds. The Morgan fingerprint density at radius 2 is 1.37 bits per heavy atom. The van der Waals surface area contributed by atoms with Gasteiger partial charge >= 0.3 is 5.97 Å². The first-order chi connectivity index (χ1) is 27.2. The van der Waals surface area contributed by atoms with Crippen molar-refractivity contribution >= 4 is 5.97 Å². The quantitative estimate of drug-likeness (QED) is 0.176. The molecule has 21 atom stereocenters. The molecule has 0 bridgehead atoms. The van der Waals surface area contributed by atoms with Crippen LogP contribution in [0.1, 0.15) is 147 Å². The first kappa shape index (κ1) is 46.1. The zero-order chi connectivity index (χ0) is 43.6. The van der Waals surface area contributed by atoms with Crippen molar-refractivity contribution in [1.82, 2.24) is 0 Å². The standard InChI is InChI=1S/C47H80O12/c1-24(49)56-38-28(13-12-26(50)35(38)53)58-33-15-17-43(7)31-14-18-44(8)39(46(10)19-16-32(59-46)41(2,3)4)27(51)21-47(44,11)45(31,9)22-30(40(43)42(33,5)6)57-29-20-25(23-48)34(52)37(55)36(29)54/h25-40,48,50-55H,12-23H2,1-11H3/t25-,26+,27-,28+,29-,30-,31?,32-,33-,34-,35-,36+,37+,38-,39-,40?,43?,44?,45?,46+,47?/m0/s1. The van der Waals surface area contributed by atoms with Gasteiger partial charge in [-0.15, -0.1) is 0 Å². The number of aliphatic hydroxyl groups excluding tert-OH is 7. The molecule has 7 rings (SSSR count). The van der Waals surface area contributed by atoms with Gasteiger partial charge in [-0.05, 0) is 122 Å². The Bertz CT molecular complexity index is 1550. The second-order valence-corrected chi connectivity index (χ2v) is 23.6. The molecule has 7 N–H and O–H groups in total. The molecule has 0 aromatic heterocycles. The molecule has 0 aromatic rings. The normalized spacial score (nSPS) is 54.9. The molecule has 6 aliphatic carbocycles. The Morgan fingerprint density at radius 1 is 0.695 bits per heavy atom. The van der Waals surface area contributed by atoms with Crippen LogP contribution >= 0.6 is 0 Å². The van der Waals surface area contributed by atoms with Crippen LogP contribution in [0.4, 0.5) is 0 Å². The molecular weight excluding hydrogens is 757 g/mol. The smallest absolute Gasteiger partial charge is 0.303 e. The van der Waals surface area contributed by atoms with Gasteiger partial charge in [0, 0.05) is 25.4 Å². The van der Waals surface area contributed by atoms with Gasteiger partial charge in [-0.2, -0.15) is 0 Å². The van der Waals surface area contributed by atoms with Crippen LogP contribution in [0.25, 0.3) is 0 Å². The van der Waals surface area contributed by atoms with E-state index in [0.29, 0.717) is 32.1 Å². The van der Waals surface area contributed by atoms with Crippen LogP contribution in [-0.2, 0) is 23.7 Å². The average Bonchev–Trinajstić information content (AvgIpc) is 3.63. The lowest BCUT2D eigenvalue weighted by molar-refractivity contribution is -0.305. The van der Waals surface area contributed by atoms with E-state index < -0.39 is 83.9 Å². The van der Waals surface area contributed by atoms with E-state index in [1.54, 1.807) is 0 Å². The summed E-state index contributed by atoms with van der Waals surface area (Å²) in [5, 5.41) is 77.6. The zero-order valence-corrected chi connectivity index (χ0v) is 37.9. The van der Waals surface area contributed by atoms with Gasteiger partial charge in [-0.3, -0.25) is 4.79 Å². The van der Waals surface area contributed by atoms with Gasteiger partial charge in [-0.25, -0.2) is 0 Å². The lowest BCUT2D eigenvalue weighted by Crippen LogP contribution is -2.71. The van der Waals surface area contributed by atoms with Crippen LogP contribution in [0.5, 0.6) is 0 Å². The number of esters is 1. The predicted molar refractivity (Wildman–Crippen MR) is 220 cm³/mol. The van der Waals surface area contributed by atoms with E-state index in [9.17, 15) is 40.5 Å². The Labute approximate surface area is 353 Å². The lowest BCUT2D eigenvalue weighted by atomic mass is 9.32. The SMILES string of the molecule is CC(=O)O[C@@H]1[C@@H](O)[C@H](O)CC[C@H]1O[C@H]1CCC2(C)C([C@@H](O[C@H]3C[C@@H](CO)[C@H](O)[C@@H](O)[C@@H]3O)CC3(C)C2CCC2(C)[C@@H]([C@@]4(C)CC[C@@H](C(C)(C)C)O4)[C@@H](O)CC32C)C1(C)C.